The standard InChI is InChI=1S/C18H28N2O2/c1-13-10-20(18(2,3)4)11-15(13)17(22)19-16(12-21)14-8-6-5-7-9-14/h5-9,13,15-16,21H,10-12H2,1-4H3,(H,19,22)/t13-,15+,16?/m0/s1. The van der Waals surface area contributed by atoms with E-state index in [2.05, 4.69) is 37.9 Å². The minimum absolute atomic E-state index is 0.0167. The average Bonchev–Trinajstić information content (AvgIpc) is 2.87. The van der Waals surface area contributed by atoms with E-state index in [0.29, 0.717) is 5.92 Å². The van der Waals surface area contributed by atoms with Gasteiger partial charge in [0.2, 0.25) is 5.91 Å². The molecular weight excluding hydrogens is 276 g/mol. The molecule has 3 atom stereocenters. The van der Waals surface area contributed by atoms with Crippen LogP contribution in [0, 0.1) is 11.8 Å². The zero-order chi connectivity index (χ0) is 16.3. The number of aliphatic hydroxyl groups excluding tert-OH is 1. The minimum atomic E-state index is -0.329. The van der Waals surface area contributed by atoms with E-state index in [1.807, 2.05) is 30.3 Å². The summed E-state index contributed by atoms with van der Waals surface area (Å²) < 4.78 is 0. The van der Waals surface area contributed by atoms with Gasteiger partial charge in [-0.15, -0.1) is 0 Å². The summed E-state index contributed by atoms with van der Waals surface area (Å²) in [6, 6.07) is 9.30. The lowest BCUT2D eigenvalue weighted by Crippen LogP contribution is -2.42. The Morgan fingerprint density at radius 1 is 1.32 bits per heavy atom. The van der Waals surface area contributed by atoms with Gasteiger partial charge in [0.05, 0.1) is 18.6 Å². The number of hydrogen-bond acceptors (Lipinski definition) is 3. The van der Waals surface area contributed by atoms with E-state index in [4.69, 9.17) is 0 Å². The van der Waals surface area contributed by atoms with Crippen LogP contribution in [-0.2, 0) is 4.79 Å². The second-order valence-corrected chi connectivity index (χ2v) is 7.31. The first-order valence-electron chi connectivity index (χ1n) is 8.04. The van der Waals surface area contributed by atoms with E-state index in [0.717, 1.165) is 18.7 Å². The molecule has 2 N–H and O–H groups in total. The SMILES string of the molecule is C[C@H]1CN(C(C)(C)C)C[C@H]1C(=O)NC(CO)c1ccccc1. The molecule has 1 aromatic rings. The molecule has 1 saturated heterocycles. The number of rotatable bonds is 4. The maximum absolute atomic E-state index is 12.6. The first-order valence-corrected chi connectivity index (χ1v) is 8.04. The predicted molar refractivity (Wildman–Crippen MR) is 88.4 cm³/mol. The molecule has 4 nitrogen and oxygen atoms in total. The molecule has 0 aliphatic carbocycles. The number of carbonyl (C=O) groups excluding carboxylic acids is 1. The molecule has 0 aromatic heterocycles. The van der Waals surface area contributed by atoms with Crippen LogP contribution in [0.5, 0.6) is 0 Å². The van der Waals surface area contributed by atoms with Gasteiger partial charge >= 0.3 is 0 Å². The smallest absolute Gasteiger partial charge is 0.225 e. The van der Waals surface area contributed by atoms with Crippen molar-refractivity contribution in [3.8, 4) is 0 Å². The van der Waals surface area contributed by atoms with Crippen molar-refractivity contribution in [1.82, 2.24) is 10.2 Å². The van der Waals surface area contributed by atoms with E-state index in [9.17, 15) is 9.90 Å². The Hall–Kier alpha value is -1.39. The molecular formula is C18H28N2O2. The third-order valence-corrected chi connectivity index (χ3v) is 4.60. The van der Waals surface area contributed by atoms with Gasteiger partial charge in [-0.1, -0.05) is 37.3 Å². The molecule has 22 heavy (non-hydrogen) atoms. The number of aliphatic hydroxyl groups is 1. The van der Waals surface area contributed by atoms with Crippen LogP contribution < -0.4 is 5.32 Å². The summed E-state index contributed by atoms with van der Waals surface area (Å²) in [6.07, 6.45) is 0. The summed E-state index contributed by atoms with van der Waals surface area (Å²) in [4.78, 5) is 15.0. The highest BCUT2D eigenvalue weighted by Gasteiger charge is 2.39. The molecule has 0 spiro atoms. The van der Waals surface area contributed by atoms with Crippen molar-refractivity contribution in [2.45, 2.75) is 39.3 Å². The second kappa shape index (κ2) is 6.80. The molecule has 1 fully saturated rings. The number of nitrogens with one attached hydrogen (secondary N) is 1. The lowest BCUT2D eigenvalue weighted by atomic mass is 9.96. The second-order valence-electron chi connectivity index (χ2n) is 7.31. The van der Waals surface area contributed by atoms with Crippen molar-refractivity contribution in [2.24, 2.45) is 11.8 Å². The van der Waals surface area contributed by atoms with E-state index in [1.54, 1.807) is 0 Å². The van der Waals surface area contributed by atoms with Gasteiger partial charge in [0, 0.05) is 18.6 Å². The summed E-state index contributed by atoms with van der Waals surface area (Å²) in [5, 5.41) is 12.6. The van der Waals surface area contributed by atoms with Crippen LogP contribution in [0.3, 0.4) is 0 Å². The number of hydrogen-bond donors (Lipinski definition) is 2. The highest BCUT2D eigenvalue weighted by atomic mass is 16.3. The van der Waals surface area contributed by atoms with Crippen LogP contribution >= 0.6 is 0 Å². The molecule has 1 heterocycles. The van der Waals surface area contributed by atoms with E-state index >= 15 is 0 Å². The van der Waals surface area contributed by atoms with Crippen LogP contribution in [0.1, 0.15) is 39.3 Å². The van der Waals surface area contributed by atoms with E-state index in [-0.39, 0.29) is 30.0 Å². The molecule has 0 bridgehead atoms. The molecule has 4 heteroatoms. The zero-order valence-corrected chi connectivity index (χ0v) is 14.0. The molecule has 1 unspecified atom stereocenters. The first-order chi connectivity index (χ1) is 10.3. The van der Waals surface area contributed by atoms with E-state index < -0.39 is 0 Å². The van der Waals surface area contributed by atoms with Crippen molar-refractivity contribution < 1.29 is 9.90 Å². The molecule has 122 valence electrons. The summed E-state index contributed by atoms with van der Waals surface area (Å²) >= 11 is 0. The van der Waals surface area contributed by atoms with Crippen molar-refractivity contribution >= 4 is 5.91 Å². The first kappa shape index (κ1) is 17.0. The van der Waals surface area contributed by atoms with Crippen molar-refractivity contribution in [1.29, 1.82) is 0 Å². The Balaban J connectivity index is 2.02. The molecule has 1 aromatic carbocycles. The highest BCUT2D eigenvalue weighted by molar-refractivity contribution is 5.80. The van der Waals surface area contributed by atoms with Crippen LogP contribution in [-0.4, -0.2) is 41.1 Å². The van der Waals surface area contributed by atoms with Gasteiger partial charge in [-0.3, -0.25) is 9.69 Å². The number of likely N-dealkylation sites (tertiary alicyclic amines) is 1. The van der Waals surface area contributed by atoms with E-state index in [1.165, 1.54) is 0 Å². The molecule has 1 aliphatic rings. The molecule has 0 saturated carbocycles. The van der Waals surface area contributed by atoms with Crippen LogP contribution in [0.25, 0.3) is 0 Å². The van der Waals surface area contributed by atoms with Gasteiger partial charge in [0.1, 0.15) is 0 Å². The summed E-state index contributed by atoms with van der Waals surface area (Å²) in [5.74, 6) is 0.355. The maximum Gasteiger partial charge on any atom is 0.225 e. The zero-order valence-electron chi connectivity index (χ0n) is 14.0. The third kappa shape index (κ3) is 3.87. The Morgan fingerprint density at radius 2 is 1.95 bits per heavy atom. The quantitative estimate of drug-likeness (QED) is 0.896. The topological polar surface area (TPSA) is 52.6 Å². The summed E-state index contributed by atoms with van der Waals surface area (Å²) in [7, 11) is 0. The van der Waals surface area contributed by atoms with Gasteiger partial charge in [-0.05, 0) is 32.3 Å². The van der Waals surface area contributed by atoms with Crippen LogP contribution in [0.15, 0.2) is 30.3 Å². The maximum atomic E-state index is 12.6. The number of amides is 1. The van der Waals surface area contributed by atoms with Crippen molar-refractivity contribution in [3.05, 3.63) is 35.9 Å². The lowest BCUT2D eigenvalue weighted by Gasteiger charge is -2.31. The minimum Gasteiger partial charge on any atom is -0.394 e. The van der Waals surface area contributed by atoms with Crippen molar-refractivity contribution in [3.63, 3.8) is 0 Å². The summed E-state index contributed by atoms with van der Waals surface area (Å²) in [6.45, 7) is 10.3. The Kier molecular flexibility index (Phi) is 5.24. The monoisotopic (exact) mass is 304 g/mol. The Bertz CT molecular complexity index is 496. The fourth-order valence-corrected chi connectivity index (χ4v) is 3.05. The fourth-order valence-electron chi connectivity index (χ4n) is 3.05. The Labute approximate surface area is 133 Å². The molecule has 1 amide bonds. The molecule has 0 radical (unpaired) electrons. The predicted octanol–water partition coefficient (Wildman–Crippen LogP) is 2.20. The molecule has 1 aliphatic heterocycles. The third-order valence-electron chi connectivity index (χ3n) is 4.60. The van der Waals surface area contributed by atoms with Gasteiger partial charge in [0.25, 0.3) is 0 Å². The van der Waals surface area contributed by atoms with Crippen LogP contribution in [0.4, 0.5) is 0 Å². The van der Waals surface area contributed by atoms with Crippen LogP contribution in [0.2, 0.25) is 0 Å². The number of carbonyl (C=O) groups is 1. The van der Waals surface area contributed by atoms with Gasteiger partial charge in [0.15, 0.2) is 0 Å². The largest absolute Gasteiger partial charge is 0.394 e. The Morgan fingerprint density at radius 3 is 2.45 bits per heavy atom. The van der Waals surface area contributed by atoms with Gasteiger partial charge in [-0.25, -0.2) is 0 Å². The summed E-state index contributed by atoms with van der Waals surface area (Å²) in [5.41, 5.74) is 1.02. The van der Waals surface area contributed by atoms with Gasteiger partial charge in [-0.2, -0.15) is 0 Å². The molecule has 2 rings (SSSR count). The number of nitrogens with zero attached hydrogens (tertiary/aromatic N) is 1. The number of benzene rings is 1. The van der Waals surface area contributed by atoms with Gasteiger partial charge < -0.3 is 10.4 Å². The lowest BCUT2D eigenvalue weighted by molar-refractivity contribution is -0.126. The normalized spacial score (nSPS) is 24.2. The fraction of sp³-hybridized carbons (Fsp3) is 0.611. The average molecular weight is 304 g/mol. The highest BCUT2D eigenvalue weighted by Crippen LogP contribution is 2.29. The van der Waals surface area contributed by atoms with Crippen molar-refractivity contribution in [2.75, 3.05) is 19.7 Å².